The van der Waals surface area contributed by atoms with Gasteiger partial charge in [0.2, 0.25) is 10.0 Å². The zero-order valence-electron chi connectivity index (χ0n) is 10.3. The van der Waals surface area contributed by atoms with Crippen LogP contribution >= 0.6 is 0 Å². The van der Waals surface area contributed by atoms with Crippen molar-refractivity contribution in [1.82, 2.24) is 4.72 Å². The molecule has 0 heterocycles. The maximum absolute atomic E-state index is 11.7. The van der Waals surface area contributed by atoms with E-state index in [-0.39, 0.29) is 11.4 Å². The van der Waals surface area contributed by atoms with Crippen LogP contribution in [0.4, 0.5) is 0 Å². The molecule has 0 saturated carbocycles. The van der Waals surface area contributed by atoms with Gasteiger partial charge >= 0.3 is 5.97 Å². The van der Waals surface area contributed by atoms with Crippen LogP contribution in [0.3, 0.4) is 0 Å². The SMILES string of the molecule is [N-]=[N+]=NCC=Cc1ccc(S(=O)(=O)NCC(=O)O)cc1. The molecule has 20 heavy (non-hydrogen) atoms. The number of aliphatic carboxylic acids is 1. The minimum absolute atomic E-state index is 0.0223. The van der Waals surface area contributed by atoms with Crippen LogP contribution in [0.2, 0.25) is 0 Å². The van der Waals surface area contributed by atoms with Gasteiger partial charge in [0.05, 0.1) is 4.90 Å². The van der Waals surface area contributed by atoms with Gasteiger partial charge in [-0.3, -0.25) is 4.79 Å². The first-order valence-corrected chi connectivity index (χ1v) is 6.93. The van der Waals surface area contributed by atoms with E-state index in [0.717, 1.165) is 5.56 Å². The fraction of sp³-hybridized carbons (Fsp3) is 0.182. The zero-order valence-corrected chi connectivity index (χ0v) is 11.1. The summed E-state index contributed by atoms with van der Waals surface area (Å²) in [6.07, 6.45) is 3.31. The van der Waals surface area contributed by atoms with Crippen LogP contribution in [0.1, 0.15) is 5.56 Å². The molecule has 1 rings (SSSR count). The van der Waals surface area contributed by atoms with E-state index < -0.39 is 22.5 Å². The molecule has 0 aliphatic heterocycles. The minimum atomic E-state index is -3.82. The van der Waals surface area contributed by atoms with Gasteiger partial charge < -0.3 is 5.11 Å². The Bertz CT molecular complexity index is 646. The van der Waals surface area contributed by atoms with E-state index in [2.05, 4.69) is 10.0 Å². The smallest absolute Gasteiger partial charge is 0.318 e. The molecule has 0 atom stereocenters. The number of nitrogens with zero attached hydrogens (tertiary/aromatic N) is 3. The summed E-state index contributed by atoms with van der Waals surface area (Å²) in [7, 11) is -3.82. The van der Waals surface area contributed by atoms with E-state index in [1.54, 1.807) is 24.3 Å². The van der Waals surface area contributed by atoms with Gasteiger partial charge in [-0.2, -0.15) is 4.72 Å². The third-order valence-electron chi connectivity index (χ3n) is 2.16. The monoisotopic (exact) mass is 296 g/mol. The van der Waals surface area contributed by atoms with E-state index in [1.165, 1.54) is 12.1 Å². The Morgan fingerprint density at radius 2 is 2.05 bits per heavy atom. The fourth-order valence-corrected chi connectivity index (χ4v) is 2.25. The summed E-state index contributed by atoms with van der Waals surface area (Å²) < 4.78 is 25.4. The van der Waals surface area contributed by atoms with Crippen molar-refractivity contribution in [3.63, 3.8) is 0 Å². The molecule has 0 aliphatic rings. The number of carboxylic acids is 1. The quantitative estimate of drug-likeness (QED) is 0.446. The molecule has 0 spiro atoms. The average molecular weight is 296 g/mol. The molecule has 8 nitrogen and oxygen atoms in total. The predicted molar refractivity (Wildman–Crippen MR) is 72.3 cm³/mol. The molecule has 0 aromatic heterocycles. The number of carboxylic acid groups (broad SMARTS) is 1. The second-order valence-corrected chi connectivity index (χ2v) is 5.37. The number of sulfonamides is 1. The van der Waals surface area contributed by atoms with Gasteiger partial charge in [0.1, 0.15) is 6.54 Å². The molecular weight excluding hydrogens is 284 g/mol. The van der Waals surface area contributed by atoms with Crippen molar-refractivity contribution in [3.05, 3.63) is 46.3 Å². The van der Waals surface area contributed by atoms with Crippen molar-refractivity contribution in [2.24, 2.45) is 5.11 Å². The molecule has 0 amide bonds. The van der Waals surface area contributed by atoms with Gasteiger partial charge in [0.15, 0.2) is 0 Å². The summed E-state index contributed by atoms with van der Waals surface area (Å²) in [6.45, 7) is -0.465. The number of carbonyl (C=O) groups is 1. The lowest BCUT2D eigenvalue weighted by molar-refractivity contribution is -0.135. The summed E-state index contributed by atoms with van der Waals surface area (Å²) in [4.78, 5) is 12.9. The van der Waals surface area contributed by atoms with Gasteiger partial charge in [0, 0.05) is 11.5 Å². The number of rotatable bonds is 7. The Labute approximate surface area is 115 Å². The van der Waals surface area contributed by atoms with Crippen LogP contribution in [0.15, 0.2) is 40.4 Å². The zero-order chi connectivity index (χ0) is 15.0. The third-order valence-corrected chi connectivity index (χ3v) is 3.58. The van der Waals surface area contributed by atoms with Gasteiger partial charge in [-0.05, 0) is 23.2 Å². The predicted octanol–water partition coefficient (Wildman–Crippen LogP) is 1.37. The van der Waals surface area contributed by atoms with Crippen molar-refractivity contribution in [2.45, 2.75) is 4.90 Å². The number of benzene rings is 1. The summed E-state index contributed by atoms with van der Waals surface area (Å²) in [6, 6.07) is 5.83. The molecular formula is C11H12N4O4S. The fourth-order valence-electron chi connectivity index (χ4n) is 1.27. The molecule has 2 N–H and O–H groups in total. The average Bonchev–Trinajstić information content (AvgIpc) is 2.42. The number of azide groups is 1. The van der Waals surface area contributed by atoms with E-state index in [1.807, 2.05) is 4.72 Å². The number of nitrogens with one attached hydrogen (secondary N) is 1. The largest absolute Gasteiger partial charge is 0.480 e. The molecule has 0 bridgehead atoms. The topological polar surface area (TPSA) is 132 Å². The van der Waals surface area contributed by atoms with Gasteiger partial charge in [-0.25, -0.2) is 8.42 Å². The van der Waals surface area contributed by atoms with Crippen LogP contribution in [0.25, 0.3) is 16.5 Å². The van der Waals surface area contributed by atoms with E-state index >= 15 is 0 Å². The molecule has 106 valence electrons. The lowest BCUT2D eigenvalue weighted by Gasteiger charge is -2.04. The molecule has 0 radical (unpaired) electrons. The van der Waals surface area contributed by atoms with Gasteiger partial charge in [-0.1, -0.05) is 29.4 Å². The molecule has 1 aromatic rings. The maximum Gasteiger partial charge on any atom is 0.318 e. The highest BCUT2D eigenvalue weighted by Crippen LogP contribution is 2.11. The standard InChI is InChI=1S/C11H12N4O4S/c12-15-13-7-1-2-9-3-5-10(6-4-9)20(18,19)14-8-11(16)17/h1-6,14H,7-8H2,(H,16,17). The first-order chi connectivity index (χ1) is 9.45. The second-order valence-electron chi connectivity index (χ2n) is 3.60. The van der Waals surface area contributed by atoms with Crippen LogP contribution in [0.5, 0.6) is 0 Å². The first kappa shape index (κ1) is 15.7. The van der Waals surface area contributed by atoms with E-state index in [4.69, 9.17) is 10.6 Å². The van der Waals surface area contributed by atoms with Crippen LogP contribution < -0.4 is 4.72 Å². The Hall–Kier alpha value is -2.35. The second kappa shape index (κ2) is 7.29. The van der Waals surface area contributed by atoms with Crippen molar-refractivity contribution in [3.8, 4) is 0 Å². The number of hydrogen-bond donors (Lipinski definition) is 2. The van der Waals surface area contributed by atoms with Crippen molar-refractivity contribution >= 4 is 22.1 Å². The Morgan fingerprint density at radius 3 is 2.60 bits per heavy atom. The Morgan fingerprint density at radius 1 is 1.40 bits per heavy atom. The molecule has 9 heteroatoms. The maximum atomic E-state index is 11.7. The first-order valence-electron chi connectivity index (χ1n) is 5.44. The molecule has 1 aromatic carbocycles. The molecule has 0 fully saturated rings. The van der Waals surface area contributed by atoms with Crippen molar-refractivity contribution < 1.29 is 18.3 Å². The normalized spacial score (nSPS) is 11.2. The van der Waals surface area contributed by atoms with Gasteiger partial charge in [0.25, 0.3) is 0 Å². The highest BCUT2D eigenvalue weighted by molar-refractivity contribution is 7.89. The highest BCUT2D eigenvalue weighted by Gasteiger charge is 2.14. The van der Waals surface area contributed by atoms with E-state index in [9.17, 15) is 13.2 Å². The third kappa shape index (κ3) is 5.11. The highest BCUT2D eigenvalue weighted by atomic mass is 32.2. The Balaban J connectivity index is 2.77. The lowest BCUT2D eigenvalue weighted by atomic mass is 10.2. The van der Waals surface area contributed by atoms with Crippen LogP contribution in [-0.4, -0.2) is 32.6 Å². The molecule has 0 aliphatic carbocycles. The summed E-state index contributed by atoms with van der Waals surface area (Å²) >= 11 is 0. The van der Waals surface area contributed by atoms with Crippen molar-refractivity contribution in [2.75, 3.05) is 13.1 Å². The van der Waals surface area contributed by atoms with Crippen LogP contribution in [-0.2, 0) is 14.8 Å². The summed E-state index contributed by atoms with van der Waals surface area (Å²) in [5.41, 5.74) is 8.82. The summed E-state index contributed by atoms with van der Waals surface area (Å²) in [5, 5.41) is 11.8. The summed E-state index contributed by atoms with van der Waals surface area (Å²) in [5.74, 6) is -1.26. The number of hydrogen-bond acceptors (Lipinski definition) is 4. The molecule has 0 unspecified atom stereocenters. The minimum Gasteiger partial charge on any atom is -0.480 e. The Kier molecular flexibility index (Phi) is 5.73. The van der Waals surface area contributed by atoms with Crippen molar-refractivity contribution in [1.29, 1.82) is 0 Å². The van der Waals surface area contributed by atoms with E-state index in [0.29, 0.717) is 0 Å². The lowest BCUT2D eigenvalue weighted by Crippen LogP contribution is -2.29. The van der Waals surface area contributed by atoms with Crippen LogP contribution in [0, 0.1) is 0 Å². The van der Waals surface area contributed by atoms with Gasteiger partial charge in [-0.15, -0.1) is 0 Å². The molecule has 0 saturated heterocycles.